The van der Waals surface area contributed by atoms with E-state index in [0.29, 0.717) is 0 Å². The molecule has 0 amide bonds. The SMILES string of the molecule is NCC(N)C(C(=O)O)(C(=O)O)C(=O)O.[H-].[Na+]. The van der Waals surface area contributed by atoms with Crippen molar-refractivity contribution in [3.8, 4) is 0 Å². The molecular formula is C6H11N2NaO6. The second-order valence-corrected chi connectivity index (χ2v) is 2.57. The van der Waals surface area contributed by atoms with Gasteiger partial charge in [0.1, 0.15) is 0 Å². The maximum atomic E-state index is 10.6. The summed E-state index contributed by atoms with van der Waals surface area (Å²) in [6, 6.07) is -1.70. The van der Waals surface area contributed by atoms with Crippen LogP contribution in [-0.4, -0.2) is 45.8 Å². The summed E-state index contributed by atoms with van der Waals surface area (Å²) in [5, 5.41) is 25.7. The summed E-state index contributed by atoms with van der Waals surface area (Å²) in [6.45, 7) is -0.565. The zero-order valence-electron chi connectivity index (χ0n) is 9.01. The smallest absolute Gasteiger partial charge is 1.00 e. The number of hydrogen-bond acceptors (Lipinski definition) is 5. The third-order valence-electron chi connectivity index (χ3n) is 1.82. The molecule has 0 fully saturated rings. The average Bonchev–Trinajstić information content (AvgIpc) is 2.02. The molecular weight excluding hydrogens is 219 g/mol. The Morgan fingerprint density at radius 3 is 1.47 bits per heavy atom. The maximum Gasteiger partial charge on any atom is 1.00 e. The van der Waals surface area contributed by atoms with Crippen LogP contribution in [0.2, 0.25) is 0 Å². The summed E-state index contributed by atoms with van der Waals surface area (Å²) < 4.78 is 0. The van der Waals surface area contributed by atoms with E-state index in [9.17, 15) is 14.4 Å². The predicted octanol–water partition coefficient (Wildman–Crippen LogP) is -5.37. The number of nitrogens with two attached hydrogens (primary N) is 2. The van der Waals surface area contributed by atoms with E-state index in [2.05, 4.69) is 0 Å². The maximum absolute atomic E-state index is 10.6. The molecule has 82 valence electrons. The fraction of sp³-hybridized carbons (Fsp3) is 0.500. The van der Waals surface area contributed by atoms with Crippen LogP contribution in [-0.2, 0) is 14.4 Å². The molecule has 0 aromatic rings. The van der Waals surface area contributed by atoms with Crippen molar-refractivity contribution in [3.63, 3.8) is 0 Å². The van der Waals surface area contributed by atoms with E-state index in [1.165, 1.54) is 0 Å². The molecule has 0 saturated carbocycles. The van der Waals surface area contributed by atoms with Gasteiger partial charge < -0.3 is 28.2 Å². The molecule has 0 aromatic heterocycles. The van der Waals surface area contributed by atoms with Crippen molar-refractivity contribution in [1.29, 1.82) is 0 Å². The van der Waals surface area contributed by atoms with E-state index >= 15 is 0 Å². The van der Waals surface area contributed by atoms with Crippen LogP contribution in [0.5, 0.6) is 0 Å². The quantitative estimate of drug-likeness (QED) is 0.230. The van der Waals surface area contributed by atoms with Crippen molar-refractivity contribution >= 4 is 17.9 Å². The Hall–Kier alpha value is -0.670. The molecule has 0 aliphatic carbocycles. The van der Waals surface area contributed by atoms with E-state index in [4.69, 9.17) is 26.8 Å². The molecule has 0 aliphatic rings. The summed E-state index contributed by atoms with van der Waals surface area (Å²) in [7, 11) is 0. The normalized spacial score (nSPS) is 12.4. The van der Waals surface area contributed by atoms with Gasteiger partial charge in [0.25, 0.3) is 5.41 Å². The monoisotopic (exact) mass is 230 g/mol. The minimum absolute atomic E-state index is 0. The summed E-state index contributed by atoms with van der Waals surface area (Å²) in [6.07, 6.45) is 0. The van der Waals surface area contributed by atoms with Crippen molar-refractivity contribution in [3.05, 3.63) is 0 Å². The van der Waals surface area contributed by atoms with Crippen LogP contribution >= 0.6 is 0 Å². The van der Waals surface area contributed by atoms with Crippen LogP contribution in [0.25, 0.3) is 0 Å². The van der Waals surface area contributed by atoms with Gasteiger partial charge in [0, 0.05) is 6.54 Å². The molecule has 1 unspecified atom stereocenters. The largest absolute Gasteiger partial charge is 1.00 e. The predicted molar refractivity (Wildman–Crippen MR) is 43.5 cm³/mol. The first-order chi connectivity index (χ1) is 6.31. The number of rotatable bonds is 5. The fourth-order valence-corrected chi connectivity index (χ4v) is 0.927. The molecule has 0 heterocycles. The van der Waals surface area contributed by atoms with Gasteiger partial charge in [0.15, 0.2) is 0 Å². The second-order valence-electron chi connectivity index (χ2n) is 2.57. The molecule has 1 atom stereocenters. The fourth-order valence-electron chi connectivity index (χ4n) is 0.927. The molecule has 0 saturated heterocycles. The van der Waals surface area contributed by atoms with Gasteiger partial charge in [-0.05, 0) is 0 Å². The van der Waals surface area contributed by atoms with E-state index in [1.54, 1.807) is 0 Å². The van der Waals surface area contributed by atoms with Crippen molar-refractivity contribution in [2.24, 2.45) is 16.9 Å². The zero-order chi connectivity index (χ0) is 11.5. The number of hydrogen-bond donors (Lipinski definition) is 5. The molecule has 7 N–H and O–H groups in total. The van der Waals surface area contributed by atoms with E-state index in [-0.39, 0.29) is 31.0 Å². The van der Waals surface area contributed by atoms with Gasteiger partial charge >= 0.3 is 47.5 Å². The van der Waals surface area contributed by atoms with Gasteiger partial charge in [0.05, 0.1) is 6.04 Å². The molecule has 0 aliphatic heterocycles. The van der Waals surface area contributed by atoms with Gasteiger partial charge in [-0.25, -0.2) is 0 Å². The van der Waals surface area contributed by atoms with E-state index < -0.39 is 35.9 Å². The van der Waals surface area contributed by atoms with Crippen molar-refractivity contribution in [2.45, 2.75) is 6.04 Å². The Balaban J connectivity index is -0.000000845. The summed E-state index contributed by atoms with van der Waals surface area (Å²) in [5.41, 5.74) is 6.96. The number of carboxylic acids is 3. The van der Waals surface area contributed by atoms with Gasteiger partial charge in [-0.2, -0.15) is 0 Å². The molecule has 0 radical (unpaired) electrons. The average molecular weight is 230 g/mol. The van der Waals surface area contributed by atoms with Gasteiger partial charge in [-0.15, -0.1) is 0 Å². The summed E-state index contributed by atoms with van der Waals surface area (Å²) in [4.78, 5) is 31.8. The topological polar surface area (TPSA) is 164 Å². The Bertz CT molecular complexity index is 250. The minimum atomic E-state index is -3.09. The molecule has 0 rings (SSSR count). The molecule has 0 bridgehead atoms. The van der Waals surface area contributed by atoms with E-state index in [1.807, 2.05) is 0 Å². The van der Waals surface area contributed by atoms with Crippen LogP contribution in [0, 0.1) is 5.41 Å². The Kier molecular flexibility index (Phi) is 6.73. The van der Waals surface area contributed by atoms with Crippen LogP contribution in [0.15, 0.2) is 0 Å². The minimum Gasteiger partial charge on any atom is -1.00 e. The molecule has 9 heteroatoms. The number of carbonyl (C=O) groups is 3. The van der Waals surface area contributed by atoms with Crippen molar-refractivity contribution in [1.82, 2.24) is 0 Å². The summed E-state index contributed by atoms with van der Waals surface area (Å²) in [5.74, 6) is -6.14. The van der Waals surface area contributed by atoms with E-state index in [0.717, 1.165) is 0 Å². The van der Waals surface area contributed by atoms with Crippen LogP contribution < -0.4 is 41.0 Å². The molecule has 8 nitrogen and oxygen atoms in total. The summed E-state index contributed by atoms with van der Waals surface area (Å²) >= 11 is 0. The number of carboxylic acid groups (broad SMARTS) is 3. The van der Waals surface area contributed by atoms with Crippen LogP contribution in [0.4, 0.5) is 0 Å². The third kappa shape index (κ3) is 2.67. The van der Waals surface area contributed by atoms with Gasteiger partial charge in [-0.1, -0.05) is 0 Å². The zero-order valence-corrected chi connectivity index (χ0v) is 10.0. The standard InChI is InChI=1S/C6H10N2O6.Na.H/c7-1-2(8)6(3(9)10,4(11)12)5(13)14;;/h2H,1,7-8H2,(H,9,10)(H,11,12)(H,13,14);;/q;+1;-1. The molecule has 0 spiro atoms. The Morgan fingerprint density at radius 1 is 1.13 bits per heavy atom. The first-order valence-corrected chi connectivity index (χ1v) is 3.47. The van der Waals surface area contributed by atoms with Gasteiger partial charge in [-0.3, -0.25) is 14.4 Å². The molecule has 15 heavy (non-hydrogen) atoms. The van der Waals surface area contributed by atoms with Crippen LogP contribution in [0.3, 0.4) is 0 Å². The first-order valence-electron chi connectivity index (χ1n) is 3.47. The van der Waals surface area contributed by atoms with Gasteiger partial charge in [0.2, 0.25) is 0 Å². The van der Waals surface area contributed by atoms with Crippen LogP contribution in [0.1, 0.15) is 1.43 Å². The van der Waals surface area contributed by atoms with Crippen molar-refractivity contribution < 1.29 is 60.7 Å². The first kappa shape index (κ1) is 16.7. The third-order valence-corrected chi connectivity index (χ3v) is 1.82. The number of aliphatic carboxylic acids is 3. The van der Waals surface area contributed by atoms with Crippen molar-refractivity contribution in [2.75, 3.05) is 6.54 Å². The Morgan fingerprint density at radius 2 is 1.40 bits per heavy atom. The molecule has 0 aromatic carbocycles. The Labute approximate surface area is 108 Å². The second kappa shape index (κ2) is 6.03.